The molecule has 124 valence electrons. The summed E-state index contributed by atoms with van der Waals surface area (Å²) in [7, 11) is -3.41. The summed E-state index contributed by atoms with van der Waals surface area (Å²) < 4.78 is 36.6. The van der Waals surface area contributed by atoms with Crippen molar-refractivity contribution in [1.82, 2.24) is 9.62 Å². The van der Waals surface area contributed by atoms with Gasteiger partial charge in [0.2, 0.25) is 10.0 Å². The first-order chi connectivity index (χ1) is 10.3. The molecule has 0 saturated carbocycles. The number of sulfonamides is 1. The fraction of sp³-hybridized carbons (Fsp3) is 0.643. The number of rotatable bonds is 5. The van der Waals surface area contributed by atoms with Crippen molar-refractivity contribution in [2.45, 2.75) is 33.0 Å². The minimum atomic E-state index is -3.41. The summed E-state index contributed by atoms with van der Waals surface area (Å²) in [6.07, 6.45) is 1.18. The zero-order valence-corrected chi connectivity index (χ0v) is 13.9. The van der Waals surface area contributed by atoms with Gasteiger partial charge >= 0.3 is 0 Å². The van der Waals surface area contributed by atoms with Crippen molar-refractivity contribution in [3.05, 3.63) is 23.7 Å². The molecule has 7 nitrogen and oxygen atoms in total. The highest BCUT2D eigenvalue weighted by Gasteiger charge is 2.30. The van der Waals surface area contributed by atoms with Crippen LogP contribution in [0.1, 0.15) is 30.0 Å². The number of furan rings is 1. The Morgan fingerprint density at radius 3 is 2.55 bits per heavy atom. The molecular formula is C14H22N2O5S. The van der Waals surface area contributed by atoms with E-state index >= 15 is 0 Å². The molecule has 1 aliphatic rings. The Hall–Kier alpha value is -1.38. The number of amides is 1. The molecule has 2 heterocycles. The van der Waals surface area contributed by atoms with E-state index in [1.807, 2.05) is 13.8 Å². The van der Waals surface area contributed by atoms with E-state index < -0.39 is 10.0 Å². The average molecular weight is 330 g/mol. The fourth-order valence-electron chi connectivity index (χ4n) is 2.50. The fourth-order valence-corrected chi connectivity index (χ4v) is 3.99. The molecule has 2 rings (SSSR count). The summed E-state index contributed by atoms with van der Waals surface area (Å²) >= 11 is 0. The molecule has 1 fully saturated rings. The molecule has 0 aromatic carbocycles. The van der Waals surface area contributed by atoms with Gasteiger partial charge in [-0.3, -0.25) is 4.79 Å². The summed E-state index contributed by atoms with van der Waals surface area (Å²) in [6.45, 7) is 6.14. The quantitative estimate of drug-likeness (QED) is 0.861. The molecule has 1 saturated heterocycles. The Labute approximate surface area is 130 Å². The Balaban J connectivity index is 1.87. The van der Waals surface area contributed by atoms with E-state index in [1.165, 1.54) is 10.6 Å². The number of hydrogen-bond acceptors (Lipinski definition) is 5. The van der Waals surface area contributed by atoms with E-state index in [0.717, 1.165) is 0 Å². The van der Waals surface area contributed by atoms with Gasteiger partial charge in [-0.1, -0.05) is 0 Å². The van der Waals surface area contributed by atoms with Crippen LogP contribution in [0.2, 0.25) is 0 Å². The Morgan fingerprint density at radius 1 is 1.36 bits per heavy atom. The van der Waals surface area contributed by atoms with E-state index in [2.05, 4.69) is 5.32 Å². The first kappa shape index (κ1) is 17.0. The van der Waals surface area contributed by atoms with Crippen molar-refractivity contribution in [2.24, 2.45) is 0 Å². The normalized spacial score (nSPS) is 23.4. The van der Waals surface area contributed by atoms with Crippen LogP contribution >= 0.6 is 0 Å². The predicted octanol–water partition coefficient (Wildman–Crippen LogP) is 0.757. The third kappa shape index (κ3) is 4.08. The van der Waals surface area contributed by atoms with Gasteiger partial charge in [-0.05, 0) is 26.8 Å². The van der Waals surface area contributed by atoms with Crippen molar-refractivity contribution < 1.29 is 22.4 Å². The molecule has 0 radical (unpaired) electrons. The van der Waals surface area contributed by atoms with Gasteiger partial charge in [-0.25, -0.2) is 8.42 Å². The second kappa shape index (κ2) is 6.80. The molecule has 8 heteroatoms. The van der Waals surface area contributed by atoms with Gasteiger partial charge in [0.25, 0.3) is 5.91 Å². The number of carbonyl (C=O) groups is 1. The Bertz CT molecular complexity index is 615. The SMILES string of the molecule is Cc1occc1C(=O)NCCS(=O)(=O)N1C[C@H](C)O[C@@H](C)C1. The Kier molecular flexibility index (Phi) is 5.25. The van der Waals surface area contributed by atoms with Gasteiger partial charge in [0.05, 0.1) is 29.8 Å². The van der Waals surface area contributed by atoms with Crippen molar-refractivity contribution in [2.75, 3.05) is 25.4 Å². The van der Waals surface area contributed by atoms with E-state index in [1.54, 1.807) is 13.0 Å². The van der Waals surface area contributed by atoms with E-state index in [0.29, 0.717) is 24.4 Å². The molecule has 22 heavy (non-hydrogen) atoms. The van der Waals surface area contributed by atoms with Gasteiger partial charge in [-0.15, -0.1) is 0 Å². The molecule has 0 unspecified atom stereocenters. The minimum Gasteiger partial charge on any atom is -0.469 e. The summed E-state index contributed by atoms with van der Waals surface area (Å²) in [4.78, 5) is 11.9. The van der Waals surface area contributed by atoms with Crippen LogP contribution in [0.5, 0.6) is 0 Å². The van der Waals surface area contributed by atoms with Gasteiger partial charge in [0.1, 0.15) is 5.76 Å². The van der Waals surface area contributed by atoms with Crippen molar-refractivity contribution in [1.29, 1.82) is 0 Å². The lowest BCUT2D eigenvalue weighted by molar-refractivity contribution is -0.0440. The number of nitrogens with zero attached hydrogens (tertiary/aromatic N) is 1. The highest BCUT2D eigenvalue weighted by atomic mass is 32.2. The second-order valence-corrected chi connectivity index (χ2v) is 7.63. The number of morpholine rings is 1. The van der Waals surface area contributed by atoms with Crippen LogP contribution in [0.3, 0.4) is 0 Å². The predicted molar refractivity (Wildman–Crippen MR) is 81.1 cm³/mol. The van der Waals surface area contributed by atoms with Crippen LogP contribution in [0, 0.1) is 6.92 Å². The first-order valence-electron chi connectivity index (χ1n) is 7.25. The molecule has 0 spiro atoms. The molecule has 0 bridgehead atoms. The van der Waals surface area contributed by atoms with Crippen LogP contribution in [0.15, 0.2) is 16.7 Å². The van der Waals surface area contributed by atoms with Crippen molar-refractivity contribution in [3.8, 4) is 0 Å². The lowest BCUT2D eigenvalue weighted by atomic mass is 10.2. The standard InChI is InChI=1S/C14H22N2O5S/c1-10-8-16(9-11(2)21-10)22(18,19)7-5-15-14(17)13-4-6-20-12(13)3/h4,6,10-11H,5,7-9H2,1-3H3,(H,15,17)/t10-,11-/m0/s1. The molecular weight excluding hydrogens is 308 g/mol. The summed E-state index contributed by atoms with van der Waals surface area (Å²) in [5.41, 5.74) is 0.422. The zero-order valence-electron chi connectivity index (χ0n) is 13.0. The lowest BCUT2D eigenvalue weighted by Gasteiger charge is -2.34. The van der Waals surface area contributed by atoms with E-state index in [4.69, 9.17) is 9.15 Å². The number of carbonyl (C=O) groups excluding carboxylic acids is 1. The van der Waals surface area contributed by atoms with E-state index in [-0.39, 0.29) is 30.4 Å². The van der Waals surface area contributed by atoms with Crippen LogP contribution < -0.4 is 5.32 Å². The third-order valence-corrected chi connectivity index (χ3v) is 5.33. The number of aryl methyl sites for hydroxylation is 1. The van der Waals surface area contributed by atoms with Crippen LogP contribution in [0.4, 0.5) is 0 Å². The molecule has 0 aliphatic carbocycles. The second-order valence-electron chi connectivity index (χ2n) is 5.54. The van der Waals surface area contributed by atoms with Gasteiger partial charge < -0.3 is 14.5 Å². The topological polar surface area (TPSA) is 88.8 Å². The molecule has 1 N–H and O–H groups in total. The average Bonchev–Trinajstić information content (AvgIpc) is 2.83. The number of nitrogens with one attached hydrogen (secondary N) is 1. The monoisotopic (exact) mass is 330 g/mol. The van der Waals surface area contributed by atoms with Gasteiger partial charge in [0, 0.05) is 19.6 Å². The summed E-state index contributed by atoms with van der Waals surface area (Å²) in [5.74, 6) is 0.0519. The van der Waals surface area contributed by atoms with Gasteiger partial charge in [-0.2, -0.15) is 4.31 Å². The maximum atomic E-state index is 12.3. The van der Waals surface area contributed by atoms with Crippen LogP contribution in [-0.4, -0.2) is 56.2 Å². The molecule has 1 amide bonds. The highest BCUT2D eigenvalue weighted by molar-refractivity contribution is 7.89. The molecule has 1 aliphatic heterocycles. The van der Waals surface area contributed by atoms with E-state index in [9.17, 15) is 13.2 Å². The van der Waals surface area contributed by atoms with Gasteiger partial charge in [0.15, 0.2) is 0 Å². The third-order valence-electron chi connectivity index (χ3n) is 3.53. The maximum Gasteiger partial charge on any atom is 0.254 e. The summed E-state index contributed by atoms with van der Waals surface area (Å²) in [5, 5.41) is 2.61. The van der Waals surface area contributed by atoms with Crippen LogP contribution in [-0.2, 0) is 14.8 Å². The molecule has 1 aromatic heterocycles. The maximum absolute atomic E-state index is 12.3. The van der Waals surface area contributed by atoms with Crippen molar-refractivity contribution in [3.63, 3.8) is 0 Å². The first-order valence-corrected chi connectivity index (χ1v) is 8.86. The largest absolute Gasteiger partial charge is 0.469 e. The van der Waals surface area contributed by atoms with Crippen molar-refractivity contribution >= 4 is 15.9 Å². The number of hydrogen-bond donors (Lipinski definition) is 1. The smallest absolute Gasteiger partial charge is 0.254 e. The minimum absolute atomic E-state index is 0.0614. The number of ether oxygens (including phenoxy) is 1. The molecule has 2 atom stereocenters. The lowest BCUT2D eigenvalue weighted by Crippen LogP contribution is -2.49. The zero-order chi connectivity index (χ0) is 16.3. The highest BCUT2D eigenvalue weighted by Crippen LogP contribution is 2.14. The summed E-state index contributed by atoms with van der Waals surface area (Å²) in [6, 6.07) is 1.56. The van der Waals surface area contributed by atoms with Crippen LogP contribution in [0.25, 0.3) is 0 Å². The molecule has 1 aromatic rings. The Morgan fingerprint density at radius 2 is 2.00 bits per heavy atom.